The molecule has 2 aliphatic rings. The molecule has 6 nitrogen and oxygen atoms in total. The molecule has 1 atom stereocenters. The van der Waals surface area contributed by atoms with Gasteiger partial charge < -0.3 is 14.4 Å². The second-order valence-electron chi connectivity index (χ2n) is 5.75. The summed E-state index contributed by atoms with van der Waals surface area (Å²) in [6.07, 6.45) is 10.2. The molecule has 0 amide bonds. The molecule has 132 valence electrons. The van der Waals surface area contributed by atoms with Crippen molar-refractivity contribution in [1.29, 1.82) is 0 Å². The lowest BCUT2D eigenvalue weighted by atomic mass is 9.86. The first-order valence-electron chi connectivity index (χ1n) is 7.97. The van der Waals surface area contributed by atoms with E-state index in [-0.39, 0.29) is 12.2 Å². The quantitative estimate of drug-likeness (QED) is 0.600. The van der Waals surface area contributed by atoms with E-state index in [4.69, 9.17) is 9.47 Å². The van der Waals surface area contributed by atoms with Gasteiger partial charge in [-0.15, -0.1) is 0 Å². The highest BCUT2D eigenvalue weighted by Gasteiger charge is 2.28. The van der Waals surface area contributed by atoms with E-state index in [0.717, 1.165) is 11.8 Å². The number of carbonyl (C=O) groups excluding carboxylic acids is 3. The van der Waals surface area contributed by atoms with Crippen LogP contribution in [0.3, 0.4) is 0 Å². The molecule has 3 rings (SSSR count). The maximum absolute atomic E-state index is 12.0. The fourth-order valence-electron chi connectivity index (χ4n) is 2.99. The zero-order chi connectivity index (χ0) is 18.5. The largest absolute Gasteiger partial charge is 0.470 e. The first-order chi connectivity index (χ1) is 12.6. The average molecular weight is 351 g/mol. The first-order valence-corrected chi connectivity index (χ1v) is 7.97. The number of nitrogens with zero attached hydrogens (tertiary/aromatic N) is 1. The standard InChI is InChI=1S/C20H17NO5/c1-25-20(24)15-4-2-3-14(11-15)19(21-7-9-26-10-8-21)18-12-17(23)6-5-16(18)13-22/h2-11,13,19H,12H2,1H3. The van der Waals surface area contributed by atoms with Crippen LogP contribution in [0, 0.1) is 0 Å². The number of carbonyl (C=O) groups is 3. The fourth-order valence-corrected chi connectivity index (χ4v) is 2.99. The zero-order valence-corrected chi connectivity index (χ0v) is 14.1. The van der Waals surface area contributed by atoms with Crippen LogP contribution in [0.4, 0.5) is 0 Å². The third kappa shape index (κ3) is 3.49. The van der Waals surface area contributed by atoms with E-state index in [2.05, 4.69) is 0 Å². The van der Waals surface area contributed by atoms with Gasteiger partial charge in [-0.25, -0.2) is 4.79 Å². The van der Waals surface area contributed by atoms with Crippen molar-refractivity contribution in [3.05, 3.63) is 83.6 Å². The Bertz CT molecular complexity index is 851. The molecule has 26 heavy (non-hydrogen) atoms. The molecule has 1 aliphatic carbocycles. The third-order valence-electron chi connectivity index (χ3n) is 4.19. The number of rotatable bonds is 5. The molecule has 1 heterocycles. The maximum atomic E-state index is 12.0. The molecule has 1 aromatic carbocycles. The Morgan fingerprint density at radius 1 is 1.27 bits per heavy atom. The number of ketones is 1. The van der Waals surface area contributed by atoms with E-state index >= 15 is 0 Å². The van der Waals surface area contributed by atoms with Gasteiger partial charge in [0.15, 0.2) is 5.78 Å². The predicted octanol–water partition coefficient (Wildman–Crippen LogP) is 2.81. The van der Waals surface area contributed by atoms with Crippen molar-refractivity contribution in [3.8, 4) is 0 Å². The molecule has 0 saturated heterocycles. The van der Waals surface area contributed by atoms with Crippen LogP contribution in [-0.2, 0) is 19.1 Å². The topological polar surface area (TPSA) is 72.9 Å². The summed E-state index contributed by atoms with van der Waals surface area (Å²) in [5.74, 6) is -0.538. The maximum Gasteiger partial charge on any atom is 0.337 e. The van der Waals surface area contributed by atoms with E-state index in [0.29, 0.717) is 16.7 Å². The Labute approximate surface area is 150 Å². The number of hydrogen-bond donors (Lipinski definition) is 0. The average Bonchev–Trinajstić information content (AvgIpc) is 2.69. The number of esters is 1. The lowest BCUT2D eigenvalue weighted by Gasteiger charge is -2.32. The van der Waals surface area contributed by atoms with Crippen molar-refractivity contribution >= 4 is 18.0 Å². The highest BCUT2D eigenvalue weighted by Crippen LogP contribution is 2.36. The van der Waals surface area contributed by atoms with Crippen LogP contribution >= 0.6 is 0 Å². The molecule has 0 radical (unpaired) electrons. The Morgan fingerprint density at radius 2 is 2.04 bits per heavy atom. The summed E-state index contributed by atoms with van der Waals surface area (Å²) in [6.45, 7) is 0. The minimum atomic E-state index is -0.456. The van der Waals surface area contributed by atoms with E-state index in [9.17, 15) is 14.4 Å². The van der Waals surface area contributed by atoms with Crippen LogP contribution in [0.1, 0.15) is 28.4 Å². The lowest BCUT2D eigenvalue weighted by molar-refractivity contribution is -0.114. The molecular weight excluding hydrogens is 334 g/mol. The molecule has 0 fully saturated rings. The van der Waals surface area contributed by atoms with Gasteiger partial charge in [0.1, 0.15) is 18.8 Å². The smallest absolute Gasteiger partial charge is 0.337 e. The van der Waals surface area contributed by atoms with Crippen molar-refractivity contribution in [1.82, 2.24) is 4.90 Å². The van der Waals surface area contributed by atoms with Gasteiger partial charge in [-0.3, -0.25) is 9.59 Å². The summed E-state index contributed by atoms with van der Waals surface area (Å²) in [4.78, 5) is 37.2. The number of hydrogen-bond acceptors (Lipinski definition) is 6. The summed E-state index contributed by atoms with van der Waals surface area (Å²) < 4.78 is 9.87. The summed E-state index contributed by atoms with van der Waals surface area (Å²) in [5.41, 5.74) is 2.25. The Balaban J connectivity index is 2.13. The molecular formula is C20H17NO5. The zero-order valence-electron chi connectivity index (χ0n) is 14.1. The number of aldehydes is 1. The van der Waals surface area contributed by atoms with Crippen molar-refractivity contribution in [2.75, 3.05) is 7.11 Å². The van der Waals surface area contributed by atoms with Crippen LogP contribution in [0.5, 0.6) is 0 Å². The van der Waals surface area contributed by atoms with Crippen molar-refractivity contribution < 1.29 is 23.9 Å². The molecule has 0 aromatic heterocycles. The van der Waals surface area contributed by atoms with Crippen LogP contribution in [0.25, 0.3) is 0 Å². The van der Waals surface area contributed by atoms with Gasteiger partial charge in [0.2, 0.25) is 0 Å². The van der Waals surface area contributed by atoms with E-state index in [1.54, 1.807) is 30.6 Å². The normalized spacial score (nSPS) is 17.1. The molecule has 6 heteroatoms. The highest BCUT2D eigenvalue weighted by molar-refractivity contribution is 5.98. The summed E-state index contributed by atoms with van der Waals surface area (Å²) in [6, 6.07) is 6.49. The minimum Gasteiger partial charge on any atom is -0.470 e. The van der Waals surface area contributed by atoms with Gasteiger partial charge in [0.25, 0.3) is 0 Å². The van der Waals surface area contributed by atoms with Gasteiger partial charge in [0.05, 0.1) is 18.7 Å². The summed E-state index contributed by atoms with van der Waals surface area (Å²) >= 11 is 0. The van der Waals surface area contributed by atoms with Crippen LogP contribution in [0.2, 0.25) is 0 Å². The SMILES string of the molecule is COC(=O)c1cccc(C(C2=C(C=O)C=CC(=O)C2)N2C=COC=C2)c1. The molecule has 0 bridgehead atoms. The van der Waals surface area contributed by atoms with Gasteiger partial charge >= 0.3 is 5.97 Å². The van der Waals surface area contributed by atoms with E-state index < -0.39 is 12.0 Å². The van der Waals surface area contributed by atoms with Crippen LogP contribution in [-0.4, -0.2) is 30.0 Å². The van der Waals surface area contributed by atoms with Gasteiger partial charge in [0, 0.05) is 24.4 Å². The third-order valence-corrected chi connectivity index (χ3v) is 4.19. The Kier molecular flexibility index (Phi) is 5.12. The molecule has 1 aromatic rings. The second kappa shape index (κ2) is 7.65. The Hall–Kier alpha value is -3.41. The predicted molar refractivity (Wildman–Crippen MR) is 93.6 cm³/mol. The highest BCUT2D eigenvalue weighted by atomic mass is 16.5. The molecule has 0 saturated carbocycles. The van der Waals surface area contributed by atoms with Gasteiger partial charge in [-0.2, -0.15) is 0 Å². The van der Waals surface area contributed by atoms with Crippen molar-refractivity contribution in [3.63, 3.8) is 0 Å². The number of ether oxygens (including phenoxy) is 2. The molecule has 1 aliphatic heterocycles. The minimum absolute atomic E-state index is 0.0825. The monoisotopic (exact) mass is 351 g/mol. The van der Waals surface area contributed by atoms with Crippen molar-refractivity contribution in [2.24, 2.45) is 0 Å². The fraction of sp³-hybridized carbons (Fsp3) is 0.150. The molecule has 0 spiro atoms. The van der Waals surface area contributed by atoms with Crippen LogP contribution in [0.15, 0.2) is 72.5 Å². The van der Waals surface area contributed by atoms with Gasteiger partial charge in [-0.05, 0) is 35.4 Å². The summed E-state index contributed by atoms with van der Waals surface area (Å²) in [7, 11) is 1.32. The second-order valence-corrected chi connectivity index (χ2v) is 5.75. The van der Waals surface area contributed by atoms with Crippen molar-refractivity contribution in [2.45, 2.75) is 12.5 Å². The number of benzene rings is 1. The first kappa shape index (κ1) is 17.4. The van der Waals surface area contributed by atoms with Gasteiger partial charge in [-0.1, -0.05) is 12.1 Å². The lowest BCUT2D eigenvalue weighted by Crippen LogP contribution is -2.25. The number of methoxy groups -OCH3 is 1. The van der Waals surface area contributed by atoms with Crippen LogP contribution < -0.4 is 0 Å². The molecule has 1 unspecified atom stereocenters. The van der Waals surface area contributed by atoms with E-state index in [1.165, 1.54) is 31.8 Å². The Morgan fingerprint density at radius 3 is 2.73 bits per heavy atom. The summed E-state index contributed by atoms with van der Waals surface area (Å²) in [5, 5.41) is 0. The number of allylic oxidation sites excluding steroid dienone is 3. The molecule has 0 N–H and O–H groups in total. The van der Waals surface area contributed by atoms with E-state index in [1.807, 2.05) is 11.0 Å².